The summed E-state index contributed by atoms with van der Waals surface area (Å²) in [7, 11) is 0. The van der Waals surface area contributed by atoms with Crippen LogP contribution in [0.2, 0.25) is 0 Å². The number of nitro groups is 2. The van der Waals surface area contributed by atoms with Crippen molar-refractivity contribution >= 4 is 17.1 Å². The highest BCUT2D eigenvalue weighted by Crippen LogP contribution is 2.43. The lowest BCUT2D eigenvalue weighted by Gasteiger charge is -2.21. The average molecular weight is 339 g/mol. The van der Waals surface area contributed by atoms with Gasteiger partial charge in [-0.1, -0.05) is 0 Å². The summed E-state index contributed by atoms with van der Waals surface area (Å²) in [6.07, 6.45) is -4.99. The fourth-order valence-electron chi connectivity index (χ4n) is 1.63. The molecule has 0 aliphatic rings. The van der Waals surface area contributed by atoms with E-state index in [-0.39, 0.29) is 25.3 Å². The number of hydrogen-bond acceptors (Lipinski definition) is 7. The molecule has 0 spiro atoms. The normalized spacial score (nSPS) is 11.3. The molecule has 1 aromatic rings. The van der Waals surface area contributed by atoms with E-state index in [1.54, 1.807) is 0 Å². The van der Waals surface area contributed by atoms with Gasteiger partial charge in [0.05, 0.1) is 28.6 Å². The molecule has 0 aliphatic heterocycles. The van der Waals surface area contributed by atoms with Crippen molar-refractivity contribution in [1.82, 2.24) is 0 Å². The smallest absolute Gasteiger partial charge is 0.258 e. The molecule has 0 heterocycles. The molecule has 0 aromatic heterocycles. The molecule has 0 radical (unpaired) electrons. The number of benzene rings is 1. The molecule has 0 aliphatic carbocycles. The maximum Gasteiger partial charge on any atom is 0.416 e. The topological polar surface area (TPSA) is 108 Å². The predicted molar refractivity (Wildman–Crippen MR) is 70.5 cm³/mol. The Kier molecular flexibility index (Phi) is 5.81. The van der Waals surface area contributed by atoms with E-state index < -0.39 is 38.6 Å². The third-order valence-corrected chi connectivity index (χ3v) is 2.47. The summed E-state index contributed by atoms with van der Waals surface area (Å²) in [6, 6.07) is 0.376. The van der Waals surface area contributed by atoms with E-state index in [4.69, 9.17) is 9.68 Å². The highest BCUT2D eigenvalue weighted by atomic mass is 19.4. The second-order valence-corrected chi connectivity index (χ2v) is 3.97. The Bertz CT molecular complexity index is 566. The first kappa shape index (κ1) is 18.6. The van der Waals surface area contributed by atoms with Gasteiger partial charge in [-0.05, 0) is 13.8 Å². The van der Waals surface area contributed by atoms with Crippen LogP contribution in [0.1, 0.15) is 19.4 Å². The molecule has 0 saturated carbocycles. The van der Waals surface area contributed by atoms with Crippen molar-refractivity contribution in [3.63, 3.8) is 0 Å². The molecule has 1 aromatic carbocycles. The van der Waals surface area contributed by atoms with Crippen LogP contribution in [-0.2, 0) is 15.9 Å². The molecule has 23 heavy (non-hydrogen) atoms. The maximum absolute atomic E-state index is 12.8. The van der Waals surface area contributed by atoms with Gasteiger partial charge in [0.15, 0.2) is 0 Å². The van der Waals surface area contributed by atoms with Crippen molar-refractivity contribution in [2.75, 3.05) is 18.4 Å². The monoisotopic (exact) mass is 339 g/mol. The number of nitro benzene ring substituents is 2. The standard InChI is InChI=1S/C11H12F3N3O6/c1-3-22-17(23-4-2)10-8(15(18)19)5-7(11(12,13)14)6-9(10)16(20)21/h5-6H,3-4H2,1-2H3. The number of nitrogens with zero attached hydrogens (tertiary/aromatic N) is 3. The molecule has 0 N–H and O–H groups in total. The first-order valence-corrected chi connectivity index (χ1v) is 6.23. The molecule has 0 saturated heterocycles. The minimum absolute atomic E-state index is 0.0880. The third kappa shape index (κ3) is 4.26. The Hall–Kier alpha value is -2.47. The van der Waals surface area contributed by atoms with Crippen molar-refractivity contribution in [3.8, 4) is 0 Å². The van der Waals surface area contributed by atoms with E-state index in [1.807, 2.05) is 0 Å². The molecule has 0 atom stereocenters. The largest absolute Gasteiger partial charge is 0.416 e. The Morgan fingerprint density at radius 2 is 1.43 bits per heavy atom. The van der Waals surface area contributed by atoms with E-state index >= 15 is 0 Å². The van der Waals surface area contributed by atoms with Crippen LogP contribution in [0, 0.1) is 20.2 Å². The number of halogens is 3. The Morgan fingerprint density at radius 3 is 1.70 bits per heavy atom. The van der Waals surface area contributed by atoms with Crippen molar-refractivity contribution in [1.29, 1.82) is 0 Å². The second kappa shape index (κ2) is 7.19. The van der Waals surface area contributed by atoms with Gasteiger partial charge >= 0.3 is 17.6 Å². The predicted octanol–water partition coefficient (Wildman–Crippen LogP) is 3.23. The maximum atomic E-state index is 12.8. The minimum atomic E-state index is -4.99. The van der Waals surface area contributed by atoms with Gasteiger partial charge in [-0.25, -0.2) is 9.68 Å². The lowest BCUT2D eigenvalue weighted by atomic mass is 10.1. The van der Waals surface area contributed by atoms with Gasteiger partial charge in [-0.2, -0.15) is 13.2 Å². The minimum Gasteiger partial charge on any atom is -0.258 e. The fraction of sp³-hybridized carbons (Fsp3) is 0.455. The van der Waals surface area contributed by atoms with E-state index in [2.05, 4.69) is 0 Å². The van der Waals surface area contributed by atoms with Gasteiger partial charge in [0.1, 0.15) is 0 Å². The third-order valence-electron chi connectivity index (χ3n) is 2.47. The van der Waals surface area contributed by atoms with Crippen molar-refractivity contribution in [3.05, 3.63) is 37.9 Å². The van der Waals surface area contributed by atoms with Crippen LogP contribution in [0.5, 0.6) is 0 Å². The van der Waals surface area contributed by atoms with Gasteiger partial charge in [-0.15, -0.1) is 5.23 Å². The molecule has 128 valence electrons. The summed E-state index contributed by atoms with van der Waals surface area (Å²) in [5.41, 5.74) is -4.66. The molecule has 12 heteroatoms. The lowest BCUT2D eigenvalue weighted by Crippen LogP contribution is -2.26. The second-order valence-electron chi connectivity index (χ2n) is 3.97. The van der Waals surface area contributed by atoms with Crippen molar-refractivity contribution < 1.29 is 32.7 Å². The Labute approximate surface area is 127 Å². The Morgan fingerprint density at radius 1 is 1.04 bits per heavy atom. The first-order valence-electron chi connectivity index (χ1n) is 6.23. The number of rotatable bonds is 7. The van der Waals surface area contributed by atoms with Gasteiger partial charge in [0, 0.05) is 12.1 Å². The van der Waals surface area contributed by atoms with Gasteiger partial charge in [0.25, 0.3) is 0 Å². The van der Waals surface area contributed by atoms with Crippen LogP contribution in [0.4, 0.5) is 30.2 Å². The van der Waals surface area contributed by atoms with Crippen LogP contribution in [0.15, 0.2) is 12.1 Å². The van der Waals surface area contributed by atoms with Crippen molar-refractivity contribution in [2.45, 2.75) is 20.0 Å². The summed E-state index contributed by atoms with van der Waals surface area (Å²) in [5.74, 6) is 0. The van der Waals surface area contributed by atoms with Crippen LogP contribution in [-0.4, -0.2) is 23.1 Å². The highest BCUT2D eigenvalue weighted by molar-refractivity contribution is 5.74. The average Bonchev–Trinajstić information content (AvgIpc) is 2.44. The molecular weight excluding hydrogens is 327 g/mol. The van der Waals surface area contributed by atoms with Crippen LogP contribution >= 0.6 is 0 Å². The summed E-state index contributed by atoms with van der Waals surface area (Å²) < 4.78 is 38.3. The highest BCUT2D eigenvalue weighted by Gasteiger charge is 2.40. The fourth-order valence-corrected chi connectivity index (χ4v) is 1.63. The first-order chi connectivity index (χ1) is 10.6. The summed E-state index contributed by atoms with van der Waals surface area (Å²) >= 11 is 0. The molecule has 0 unspecified atom stereocenters. The van der Waals surface area contributed by atoms with Gasteiger partial charge in [0.2, 0.25) is 5.69 Å². The molecule has 0 bridgehead atoms. The van der Waals surface area contributed by atoms with E-state index in [0.717, 1.165) is 0 Å². The SMILES string of the molecule is CCON(OCC)c1c([N+](=O)[O-])cc(C(F)(F)F)cc1[N+](=O)[O-]. The summed E-state index contributed by atoms with van der Waals surface area (Å²) in [4.78, 5) is 29.6. The van der Waals surface area contributed by atoms with Crippen LogP contribution in [0.3, 0.4) is 0 Å². The zero-order valence-electron chi connectivity index (χ0n) is 12.0. The molecule has 0 amide bonds. The van der Waals surface area contributed by atoms with Crippen molar-refractivity contribution in [2.24, 2.45) is 0 Å². The van der Waals surface area contributed by atoms with Crippen LogP contribution < -0.4 is 5.23 Å². The van der Waals surface area contributed by atoms with E-state index in [1.165, 1.54) is 13.8 Å². The quantitative estimate of drug-likeness (QED) is 0.554. The summed E-state index contributed by atoms with van der Waals surface area (Å²) in [5, 5.41) is 22.5. The lowest BCUT2D eigenvalue weighted by molar-refractivity contribution is -0.394. The Balaban J connectivity index is 3.70. The summed E-state index contributed by atoms with van der Waals surface area (Å²) in [6.45, 7) is 2.76. The number of anilines is 1. The number of hydrogen-bond donors (Lipinski definition) is 0. The molecular formula is C11H12F3N3O6. The number of alkyl halides is 3. The molecule has 1 rings (SSSR count). The zero-order valence-corrected chi connectivity index (χ0v) is 12.0. The van der Waals surface area contributed by atoms with E-state index in [9.17, 15) is 33.4 Å². The van der Waals surface area contributed by atoms with Gasteiger partial charge < -0.3 is 0 Å². The molecule has 9 nitrogen and oxygen atoms in total. The van der Waals surface area contributed by atoms with Crippen LogP contribution in [0.25, 0.3) is 0 Å². The van der Waals surface area contributed by atoms with E-state index in [0.29, 0.717) is 5.23 Å². The van der Waals surface area contributed by atoms with Gasteiger partial charge in [-0.3, -0.25) is 20.2 Å². The molecule has 0 fully saturated rings. The zero-order chi connectivity index (χ0) is 17.8.